The molecule has 2 aliphatic carbocycles. The minimum atomic E-state index is -4.73. The Morgan fingerprint density at radius 3 is 1.59 bits per heavy atom. The van der Waals surface area contributed by atoms with Crippen molar-refractivity contribution in [3.05, 3.63) is 0 Å². The van der Waals surface area contributed by atoms with Crippen LogP contribution in [0.1, 0.15) is 62.1 Å². The monoisotopic (exact) mass is 306 g/mol. The molecule has 0 saturated heterocycles. The lowest BCUT2D eigenvalue weighted by molar-refractivity contribution is 0.455. The predicted octanol–water partition coefficient (Wildman–Crippen LogP) is 3.50. The summed E-state index contributed by atoms with van der Waals surface area (Å²) in [6, 6.07) is 0. The molecule has 2 aliphatic rings. The molecule has 100 valence electrons. The van der Waals surface area contributed by atoms with E-state index in [2.05, 4.69) is 0 Å². The van der Waals surface area contributed by atoms with Crippen LogP contribution < -0.4 is 0 Å². The maximum atomic E-state index is 13.2. The van der Waals surface area contributed by atoms with Crippen molar-refractivity contribution in [2.75, 3.05) is 0 Å². The van der Waals surface area contributed by atoms with Gasteiger partial charge in [-0.15, -0.1) is 23.2 Å². The molecule has 0 aromatic carbocycles. The number of hydrogen-bond donors (Lipinski definition) is 0. The summed E-state index contributed by atoms with van der Waals surface area (Å²) in [5.74, 6) is 0. The Labute approximate surface area is 125 Å². The van der Waals surface area contributed by atoms with Crippen molar-refractivity contribution in [3.8, 4) is 0 Å². The molecule has 0 spiro atoms. The smallest absolute Gasteiger partial charge is 0.158 e. The number of hydrogen-bond acceptors (Lipinski definition) is 2. The standard InChI is InChI=1S/C12H20Cl2O2S/c13-9-5-1-3-7-11(9)17(15,16)12-8-4-2-6-10(12)14/h9-12H,1-8H2/t9-,10-,11-,12-/m1/s1/i5D2,6D2,7D2,8D2. The summed E-state index contributed by atoms with van der Waals surface area (Å²) < 4.78 is 90.0. The third kappa shape index (κ3) is 2.93. The highest BCUT2D eigenvalue weighted by Crippen LogP contribution is 2.36. The number of halogens is 2. The van der Waals surface area contributed by atoms with Gasteiger partial charge in [-0.25, -0.2) is 8.42 Å². The molecular weight excluding hydrogens is 279 g/mol. The van der Waals surface area contributed by atoms with Crippen LogP contribution >= 0.6 is 23.2 Å². The van der Waals surface area contributed by atoms with E-state index < -0.39 is 56.6 Å². The van der Waals surface area contributed by atoms with Gasteiger partial charge >= 0.3 is 0 Å². The zero-order valence-electron chi connectivity index (χ0n) is 17.1. The van der Waals surface area contributed by atoms with Crippen molar-refractivity contribution in [2.24, 2.45) is 0 Å². The Kier molecular flexibility index (Phi) is 2.27. The first-order chi connectivity index (χ1) is 11.0. The molecule has 0 aromatic rings. The summed E-state index contributed by atoms with van der Waals surface area (Å²) in [5.41, 5.74) is 0. The lowest BCUT2D eigenvalue weighted by Gasteiger charge is -2.34. The van der Waals surface area contributed by atoms with Gasteiger partial charge in [0, 0.05) is 11.0 Å². The predicted molar refractivity (Wildman–Crippen MR) is 72.7 cm³/mol. The largest absolute Gasteiger partial charge is 0.228 e. The van der Waals surface area contributed by atoms with E-state index in [-0.39, 0.29) is 25.7 Å². The summed E-state index contributed by atoms with van der Waals surface area (Å²) in [5, 5.41) is -7.48. The minimum Gasteiger partial charge on any atom is -0.228 e. The fourth-order valence-electron chi connectivity index (χ4n) is 1.99. The summed E-state index contributed by atoms with van der Waals surface area (Å²) in [6.45, 7) is 0. The van der Waals surface area contributed by atoms with Crippen molar-refractivity contribution < 1.29 is 19.4 Å². The van der Waals surface area contributed by atoms with Crippen LogP contribution in [0, 0.1) is 0 Å². The Morgan fingerprint density at radius 2 is 1.18 bits per heavy atom. The van der Waals surface area contributed by atoms with E-state index in [9.17, 15) is 8.42 Å². The molecule has 2 rings (SSSR count). The fourth-order valence-corrected chi connectivity index (χ4v) is 5.12. The van der Waals surface area contributed by atoms with Gasteiger partial charge in [0.05, 0.1) is 21.3 Å². The Morgan fingerprint density at radius 1 is 0.824 bits per heavy atom. The Balaban J connectivity index is 2.58. The van der Waals surface area contributed by atoms with Gasteiger partial charge < -0.3 is 0 Å². The van der Waals surface area contributed by atoms with Crippen molar-refractivity contribution in [1.29, 1.82) is 0 Å². The van der Waals surface area contributed by atoms with Crippen LogP contribution in [-0.2, 0) is 9.84 Å². The molecular formula is C12H20Cl2O2S. The van der Waals surface area contributed by atoms with Gasteiger partial charge in [-0.3, -0.25) is 0 Å². The second-order valence-electron chi connectivity index (χ2n) is 4.05. The number of sulfone groups is 1. The average molecular weight is 307 g/mol. The van der Waals surface area contributed by atoms with E-state index in [0.717, 1.165) is 0 Å². The van der Waals surface area contributed by atoms with Gasteiger partial charge in [-0.2, -0.15) is 0 Å². The first-order valence-electron chi connectivity index (χ1n) is 9.48. The van der Waals surface area contributed by atoms with Crippen LogP contribution in [0.25, 0.3) is 0 Å². The molecule has 2 nitrogen and oxygen atoms in total. The van der Waals surface area contributed by atoms with Crippen molar-refractivity contribution >= 4 is 33.0 Å². The van der Waals surface area contributed by atoms with Crippen LogP contribution in [0.4, 0.5) is 0 Å². The van der Waals surface area contributed by atoms with E-state index >= 15 is 0 Å². The summed E-state index contributed by atoms with van der Waals surface area (Å²) >= 11 is 12.0. The molecule has 2 saturated carbocycles. The van der Waals surface area contributed by atoms with Gasteiger partial charge in [0.25, 0.3) is 0 Å². The summed E-state index contributed by atoms with van der Waals surface area (Å²) in [7, 11) is -4.73. The van der Waals surface area contributed by atoms with E-state index in [0.29, 0.717) is 0 Å². The zero-order valence-corrected chi connectivity index (χ0v) is 11.4. The van der Waals surface area contributed by atoms with Crippen LogP contribution in [-0.4, -0.2) is 29.7 Å². The van der Waals surface area contributed by atoms with Crippen molar-refractivity contribution in [3.63, 3.8) is 0 Å². The molecule has 17 heavy (non-hydrogen) atoms. The van der Waals surface area contributed by atoms with Gasteiger partial charge in [0.2, 0.25) is 0 Å². The van der Waals surface area contributed by atoms with Crippen LogP contribution in [0.2, 0.25) is 0 Å². The highest BCUT2D eigenvalue weighted by Gasteiger charge is 2.43. The SMILES string of the molecule is [2H]C1([2H])CCC([2H])([2H])[C@@H](S(=O)(=O)[C@H]2[C@H](Cl)C([2H])([2H])CCC2([2H])[2H])[C@@H]1Cl. The van der Waals surface area contributed by atoms with E-state index in [1.165, 1.54) is 0 Å². The lowest BCUT2D eigenvalue weighted by atomic mass is 9.99. The van der Waals surface area contributed by atoms with Crippen LogP contribution in [0.3, 0.4) is 0 Å². The number of alkyl halides is 2. The Hall–Kier alpha value is 0.530. The highest BCUT2D eigenvalue weighted by molar-refractivity contribution is 7.92. The van der Waals surface area contributed by atoms with Crippen molar-refractivity contribution in [2.45, 2.75) is 72.4 Å². The molecule has 0 aromatic heterocycles. The van der Waals surface area contributed by atoms with E-state index in [4.69, 9.17) is 34.2 Å². The molecule has 0 radical (unpaired) electrons. The van der Waals surface area contributed by atoms with Crippen molar-refractivity contribution in [1.82, 2.24) is 0 Å². The highest BCUT2D eigenvalue weighted by atomic mass is 35.5. The summed E-state index contributed by atoms with van der Waals surface area (Å²) in [6.07, 6.45) is -10.3. The normalized spacial score (nSPS) is 58.9. The zero-order chi connectivity index (χ0) is 19.6. The molecule has 0 N–H and O–H groups in total. The van der Waals surface area contributed by atoms with Gasteiger partial charge in [0.1, 0.15) is 0 Å². The lowest BCUT2D eigenvalue weighted by Crippen LogP contribution is -2.44. The topological polar surface area (TPSA) is 34.1 Å². The molecule has 5 heteroatoms. The molecule has 0 bridgehead atoms. The minimum absolute atomic E-state index is 0.261. The number of rotatable bonds is 2. The molecule has 0 aliphatic heterocycles. The second-order valence-corrected chi connectivity index (χ2v) is 7.18. The summed E-state index contributed by atoms with van der Waals surface area (Å²) in [4.78, 5) is 0. The van der Waals surface area contributed by atoms with Crippen LogP contribution in [0.15, 0.2) is 0 Å². The van der Waals surface area contributed by atoms with Gasteiger partial charge in [-0.1, -0.05) is 25.7 Å². The first kappa shape index (κ1) is 6.81. The average Bonchev–Trinajstić information content (AvgIpc) is 2.40. The molecule has 4 atom stereocenters. The third-order valence-electron chi connectivity index (χ3n) is 2.86. The van der Waals surface area contributed by atoms with E-state index in [1.807, 2.05) is 0 Å². The molecule has 0 unspecified atom stereocenters. The third-order valence-corrected chi connectivity index (χ3v) is 6.26. The van der Waals surface area contributed by atoms with Gasteiger partial charge in [0.15, 0.2) is 9.84 Å². The first-order valence-corrected chi connectivity index (χ1v) is 7.96. The Bertz CT molecular complexity index is 591. The molecule has 0 heterocycles. The van der Waals surface area contributed by atoms with E-state index in [1.54, 1.807) is 0 Å². The second kappa shape index (κ2) is 5.66. The maximum absolute atomic E-state index is 13.2. The maximum Gasteiger partial charge on any atom is 0.158 e. The molecule has 0 amide bonds. The quantitative estimate of drug-likeness (QED) is 0.732. The molecule has 2 fully saturated rings. The fraction of sp³-hybridized carbons (Fsp3) is 1.00. The van der Waals surface area contributed by atoms with Gasteiger partial charge in [-0.05, 0) is 25.5 Å². The van der Waals surface area contributed by atoms with Crippen LogP contribution in [0.5, 0.6) is 0 Å².